The van der Waals surface area contributed by atoms with Crippen molar-refractivity contribution in [3.8, 4) is 17.1 Å². The molecule has 0 saturated carbocycles. The molecule has 0 amide bonds. The summed E-state index contributed by atoms with van der Waals surface area (Å²) in [6, 6.07) is 11.5. The number of alkyl halides is 3. The quantitative estimate of drug-likeness (QED) is 0.291. The molecule has 13 heteroatoms. The Morgan fingerprint density at radius 3 is 2.44 bits per heavy atom. The van der Waals surface area contributed by atoms with Gasteiger partial charge in [-0.05, 0) is 49.4 Å². The first-order valence-electron chi connectivity index (χ1n) is 11.1. The van der Waals surface area contributed by atoms with Crippen molar-refractivity contribution in [3.63, 3.8) is 0 Å². The number of aliphatic carboxylic acids is 1. The van der Waals surface area contributed by atoms with Crippen LogP contribution in [0.1, 0.15) is 11.1 Å². The van der Waals surface area contributed by atoms with Crippen LogP contribution in [0.15, 0.2) is 80.8 Å². The number of fused-ring (bicyclic) bond motifs is 1. The van der Waals surface area contributed by atoms with E-state index >= 15 is 0 Å². The molecule has 0 spiro atoms. The summed E-state index contributed by atoms with van der Waals surface area (Å²) in [5.74, 6) is -2.33. The minimum atomic E-state index is -4.79. The summed E-state index contributed by atoms with van der Waals surface area (Å²) >= 11 is 6.13. The number of ether oxygens (including phenoxy) is 1. The van der Waals surface area contributed by atoms with E-state index in [0.717, 1.165) is 23.8 Å². The van der Waals surface area contributed by atoms with Gasteiger partial charge in [0, 0.05) is 6.07 Å². The smallest absolute Gasteiger partial charge is 0.416 e. The normalized spacial score (nSPS) is 12.8. The fourth-order valence-electron chi connectivity index (χ4n) is 3.60. The molecule has 4 rings (SSSR count). The zero-order valence-corrected chi connectivity index (χ0v) is 21.5. The molecule has 0 radical (unpaired) electrons. The first kappa shape index (κ1) is 28.1. The number of aryl methyl sites for hydroxylation is 1. The van der Waals surface area contributed by atoms with Gasteiger partial charge in [-0.15, -0.1) is 0 Å². The van der Waals surface area contributed by atoms with Crippen molar-refractivity contribution in [2.24, 2.45) is 0 Å². The third-order valence-electron chi connectivity index (χ3n) is 5.61. The van der Waals surface area contributed by atoms with Crippen molar-refractivity contribution in [2.45, 2.75) is 24.0 Å². The molecule has 0 fully saturated rings. The maximum Gasteiger partial charge on any atom is 0.416 e. The predicted octanol–water partition coefficient (Wildman–Crippen LogP) is 5.25. The molecular weight excluding hydrogens is 563 g/mol. The van der Waals surface area contributed by atoms with E-state index in [2.05, 4.69) is 0 Å². The molecule has 1 heterocycles. The number of rotatable bonds is 8. The Morgan fingerprint density at radius 2 is 1.79 bits per heavy atom. The Morgan fingerprint density at radius 1 is 1.10 bits per heavy atom. The van der Waals surface area contributed by atoms with Gasteiger partial charge < -0.3 is 14.3 Å². The monoisotopic (exact) mass is 581 g/mol. The van der Waals surface area contributed by atoms with Crippen molar-refractivity contribution in [3.05, 3.63) is 93.1 Å². The van der Waals surface area contributed by atoms with Crippen molar-refractivity contribution in [1.29, 1.82) is 0 Å². The fraction of sp³-hybridized carbons (Fsp3) is 0.154. The zero-order valence-electron chi connectivity index (χ0n) is 20.0. The summed E-state index contributed by atoms with van der Waals surface area (Å²) in [5.41, 5.74) is -1.02. The maximum absolute atomic E-state index is 13.5. The Bertz CT molecular complexity index is 1720. The predicted molar refractivity (Wildman–Crippen MR) is 136 cm³/mol. The first-order valence-corrected chi connectivity index (χ1v) is 13.0. The van der Waals surface area contributed by atoms with E-state index in [1.807, 2.05) is 4.72 Å². The number of carboxylic acids is 1. The summed E-state index contributed by atoms with van der Waals surface area (Å²) in [6.07, 6.45) is -4.79. The van der Waals surface area contributed by atoms with Crippen LogP contribution in [-0.2, 0) is 21.0 Å². The molecule has 0 aliphatic carbocycles. The van der Waals surface area contributed by atoms with Gasteiger partial charge in [0.2, 0.25) is 10.0 Å². The van der Waals surface area contributed by atoms with E-state index in [9.17, 15) is 36.3 Å². The van der Waals surface area contributed by atoms with Crippen LogP contribution >= 0.6 is 11.6 Å². The van der Waals surface area contributed by atoms with Gasteiger partial charge in [-0.25, -0.2) is 8.42 Å². The largest absolute Gasteiger partial charge is 0.491 e. The van der Waals surface area contributed by atoms with E-state index < -0.39 is 51.6 Å². The summed E-state index contributed by atoms with van der Waals surface area (Å²) in [7, 11) is -4.32. The first-order chi connectivity index (χ1) is 18.3. The molecule has 39 heavy (non-hydrogen) atoms. The SMILES string of the molecule is Cc1ccc(S(=O)(=O)NC(COc2cc(C(F)(F)F)ccc2-c2cc(=O)c3cccc(Cl)c3o2)C(=O)O)cc1. The standard InChI is InChI=1S/C26H19ClF3NO7S/c1-14-5-8-16(9-6-14)39(35,36)31-20(25(33)34)13-37-22-11-15(26(28,29)30)7-10-18(22)23-12-21(32)17-3-2-4-19(27)24(17)38-23/h2-12,20,31H,13H2,1H3,(H,33,34). The minimum Gasteiger partial charge on any atom is -0.491 e. The highest BCUT2D eigenvalue weighted by molar-refractivity contribution is 7.89. The van der Waals surface area contributed by atoms with Gasteiger partial charge >= 0.3 is 12.1 Å². The van der Waals surface area contributed by atoms with E-state index in [-0.39, 0.29) is 32.2 Å². The number of carbonyl (C=O) groups is 1. The Balaban J connectivity index is 1.72. The second-order valence-corrected chi connectivity index (χ2v) is 10.6. The van der Waals surface area contributed by atoms with Crippen LogP contribution in [0.3, 0.4) is 0 Å². The molecule has 3 aromatic carbocycles. The number of carboxylic acid groups (broad SMARTS) is 1. The van der Waals surface area contributed by atoms with Crippen molar-refractivity contribution in [2.75, 3.05) is 6.61 Å². The summed E-state index contributed by atoms with van der Waals surface area (Å²) in [5, 5.41) is 9.82. The number of hydrogen-bond donors (Lipinski definition) is 2. The molecule has 0 aliphatic heterocycles. The fourth-order valence-corrected chi connectivity index (χ4v) is 4.99. The van der Waals surface area contributed by atoms with Gasteiger partial charge in [-0.3, -0.25) is 9.59 Å². The second kappa shape index (κ2) is 10.7. The van der Waals surface area contributed by atoms with Gasteiger partial charge in [0.25, 0.3) is 0 Å². The summed E-state index contributed by atoms with van der Waals surface area (Å²) in [4.78, 5) is 24.3. The van der Waals surface area contributed by atoms with E-state index in [1.54, 1.807) is 6.92 Å². The highest BCUT2D eigenvalue weighted by atomic mass is 35.5. The van der Waals surface area contributed by atoms with E-state index in [4.69, 9.17) is 20.8 Å². The van der Waals surface area contributed by atoms with Gasteiger partial charge in [-0.2, -0.15) is 17.9 Å². The molecule has 0 saturated heterocycles. The molecule has 4 aromatic rings. The third kappa shape index (κ3) is 6.24. The topological polar surface area (TPSA) is 123 Å². The lowest BCUT2D eigenvalue weighted by Crippen LogP contribution is -2.44. The average Bonchev–Trinajstić information content (AvgIpc) is 2.86. The van der Waals surface area contributed by atoms with E-state index in [0.29, 0.717) is 6.07 Å². The van der Waals surface area contributed by atoms with Crippen LogP contribution in [0.2, 0.25) is 5.02 Å². The number of para-hydroxylation sites is 1. The molecule has 204 valence electrons. The highest BCUT2D eigenvalue weighted by Crippen LogP contribution is 2.38. The number of nitrogens with one attached hydrogen (secondary N) is 1. The minimum absolute atomic E-state index is 0.0122. The lowest BCUT2D eigenvalue weighted by atomic mass is 10.1. The number of hydrogen-bond acceptors (Lipinski definition) is 6. The molecule has 0 bridgehead atoms. The molecule has 8 nitrogen and oxygen atoms in total. The summed E-state index contributed by atoms with van der Waals surface area (Å²) in [6.45, 7) is 0.837. The van der Waals surface area contributed by atoms with Crippen molar-refractivity contribution >= 4 is 38.6 Å². The van der Waals surface area contributed by atoms with Crippen LogP contribution in [0.4, 0.5) is 13.2 Å². The molecule has 2 N–H and O–H groups in total. The Hall–Kier alpha value is -3.87. The van der Waals surface area contributed by atoms with Crippen LogP contribution < -0.4 is 14.9 Å². The van der Waals surface area contributed by atoms with Crippen molar-refractivity contribution < 1.29 is 40.6 Å². The number of benzene rings is 3. The molecular formula is C26H19ClF3NO7S. The average molecular weight is 582 g/mol. The molecule has 1 atom stereocenters. The Kier molecular flexibility index (Phi) is 7.73. The lowest BCUT2D eigenvalue weighted by molar-refractivity contribution is -0.140. The molecule has 1 aromatic heterocycles. The molecule has 0 aliphatic rings. The molecule has 1 unspecified atom stereocenters. The highest BCUT2D eigenvalue weighted by Gasteiger charge is 2.32. The van der Waals surface area contributed by atoms with Crippen LogP contribution in [-0.4, -0.2) is 32.1 Å². The lowest BCUT2D eigenvalue weighted by Gasteiger charge is -2.18. The van der Waals surface area contributed by atoms with E-state index in [1.165, 1.54) is 42.5 Å². The Labute approximate surface area is 224 Å². The van der Waals surface area contributed by atoms with Crippen LogP contribution in [0, 0.1) is 6.92 Å². The van der Waals surface area contributed by atoms with Crippen LogP contribution in [0.5, 0.6) is 5.75 Å². The van der Waals surface area contributed by atoms with Gasteiger partial charge in [0.1, 0.15) is 18.1 Å². The maximum atomic E-state index is 13.5. The van der Waals surface area contributed by atoms with Gasteiger partial charge in [-0.1, -0.05) is 35.4 Å². The second-order valence-electron chi connectivity index (χ2n) is 8.44. The van der Waals surface area contributed by atoms with Crippen molar-refractivity contribution in [1.82, 2.24) is 4.72 Å². The zero-order chi connectivity index (χ0) is 28.5. The number of sulfonamides is 1. The third-order valence-corrected chi connectivity index (χ3v) is 7.40. The van der Waals surface area contributed by atoms with Gasteiger partial charge in [0.15, 0.2) is 17.1 Å². The number of halogens is 4. The summed E-state index contributed by atoms with van der Waals surface area (Å²) < 4.78 is 78.9. The van der Waals surface area contributed by atoms with Gasteiger partial charge in [0.05, 0.1) is 26.4 Å². The van der Waals surface area contributed by atoms with Crippen LogP contribution in [0.25, 0.3) is 22.3 Å².